The molecule has 0 radical (unpaired) electrons. The quantitative estimate of drug-likeness (QED) is 0.0871. The summed E-state index contributed by atoms with van der Waals surface area (Å²) in [6, 6.07) is 27.8. The van der Waals surface area contributed by atoms with Crippen LogP contribution in [0.15, 0.2) is 115 Å². The van der Waals surface area contributed by atoms with Crippen molar-refractivity contribution in [3.63, 3.8) is 0 Å². The Morgan fingerprint density at radius 3 is 2.38 bits per heavy atom. The lowest BCUT2D eigenvalue weighted by atomic mass is 9.64. The average Bonchev–Trinajstić information content (AvgIpc) is 3.46. The van der Waals surface area contributed by atoms with Gasteiger partial charge in [-0.3, -0.25) is 4.79 Å². The van der Waals surface area contributed by atoms with E-state index in [-0.39, 0.29) is 48.0 Å². The van der Waals surface area contributed by atoms with Crippen LogP contribution in [0.4, 0.5) is 22.4 Å². The number of fused-ring (bicyclic) bond motifs is 9. The van der Waals surface area contributed by atoms with Gasteiger partial charge in [0, 0.05) is 34.5 Å². The monoisotopic (exact) mass is 857 g/mol. The highest BCUT2D eigenvalue weighted by molar-refractivity contribution is 6.31. The molecule has 1 amide bonds. The van der Waals surface area contributed by atoms with E-state index < -0.39 is 47.1 Å². The number of benzene rings is 5. The molecule has 5 aromatic carbocycles. The molecule has 0 aliphatic heterocycles. The van der Waals surface area contributed by atoms with Gasteiger partial charge >= 0.3 is 12.5 Å². The third kappa shape index (κ3) is 10.1. The van der Waals surface area contributed by atoms with Crippen LogP contribution in [0.3, 0.4) is 0 Å². The van der Waals surface area contributed by atoms with Crippen LogP contribution < -0.4 is 9.47 Å². The molecule has 0 saturated heterocycles. The second-order valence-corrected chi connectivity index (χ2v) is 17.1. The van der Waals surface area contributed by atoms with Crippen molar-refractivity contribution in [1.82, 2.24) is 4.90 Å². The van der Waals surface area contributed by atoms with E-state index >= 15 is 4.39 Å². The number of carbonyl (C=O) groups is 2. The maximum absolute atomic E-state index is 15.1. The number of alkyl halides is 3. The van der Waals surface area contributed by atoms with E-state index in [1.165, 1.54) is 47.4 Å². The zero-order valence-corrected chi connectivity index (χ0v) is 34.7. The summed E-state index contributed by atoms with van der Waals surface area (Å²) >= 11 is 6.39. The van der Waals surface area contributed by atoms with Gasteiger partial charge in [0.15, 0.2) is 5.78 Å². The van der Waals surface area contributed by atoms with Crippen LogP contribution in [0.25, 0.3) is 10.8 Å². The van der Waals surface area contributed by atoms with Gasteiger partial charge in [0.05, 0.1) is 18.2 Å². The first kappa shape index (κ1) is 43.8. The number of ether oxygens (including phenoxy) is 2. The molecular weight excluding hydrogens is 810 g/mol. The van der Waals surface area contributed by atoms with E-state index in [0.717, 1.165) is 21.9 Å². The number of hydrogen-bond acceptors (Lipinski definition) is 6. The summed E-state index contributed by atoms with van der Waals surface area (Å²) in [6.07, 6.45) is -1.43. The van der Waals surface area contributed by atoms with Gasteiger partial charge in [-0.15, -0.1) is 13.2 Å². The fourth-order valence-corrected chi connectivity index (χ4v) is 9.34. The SMILES string of the molecule is CC1=CCC[C@@]2(C)[C@@H](CC[C@@]2(O)CN(Cc2ccc(OC(F)(F)F)cc2)C(=O)Oc2ccc3ccccc3c2)c2ccc(cc2C(=O)Cc2c(F)cccc2Cl)C[C@@H](O)CC1. The second kappa shape index (κ2) is 18.0. The molecule has 0 heterocycles. The molecule has 5 aromatic rings. The zero-order chi connectivity index (χ0) is 43.5. The summed E-state index contributed by atoms with van der Waals surface area (Å²) < 4.78 is 64.1. The molecule has 2 N–H and O–H groups in total. The molecule has 0 spiro atoms. The largest absolute Gasteiger partial charge is 0.573 e. The number of amides is 1. The van der Waals surface area contributed by atoms with Crippen LogP contribution in [0.1, 0.15) is 90.9 Å². The average molecular weight is 858 g/mol. The van der Waals surface area contributed by atoms with E-state index in [1.807, 2.05) is 56.3 Å². The Labute approximate surface area is 357 Å². The maximum atomic E-state index is 15.1. The van der Waals surface area contributed by atoms with E-state index in [1.54, 1.807) is 18.2 Å². The Hall–Kier alpha value is -5.23. The molecule has 8 rings (SSSR count). The van der Waals surface area contributed by atoms with Crippen molar-refractivity contribution < 1.29 is 46.8 Å². The molecule has 320 valence electrons. The summed E-state index contributed by atoms with van der Waals surface area (Å²) in [5.74, 6) is -1.53. The van der Waals surface area contributed by atoms with Crippen LogP contribution in [-0.2, 0) is 19.4 Å². The highest BCUT2D eigenvalue weighted by Gasteiger charge is 2.58. The molecule has 7 nitrogen and oxygen atoms in total. The smallest absolute Gasteiger partial charge is 0.410 e. The Balaban J connectivity index is 1.27. The first-order valence-corrected chi connectivity index (χ1v) is 20.8. The van der Waals surface area contributed by atoms with E-state index in [2.05, 4.69) is 10.8 Å². The molecule has 2 bridgehead atoms. The van der Waals surface area contributed by atoms with Gasteiger partial charge in [0.2, 0.25) is 0 Å². The molecule has 3 aliphatic carbocycles. The second-order valence-electron chi connectivity index (χ2n) is 16.7. The zero-order valence-electron chi connectivity index (χ0n) is 34.0. The lowest BCUT2D eigenvalue weighted by molar-refractivity contribution is -0.274. The first-order valence-electron chi connectivity index (χ1n) is 20.5. The van der Waals surface area contributed by atoms with Crippen molar-refractivity contribution in [2.45, 2.75) is 95.7 Å². The Kier molecular flexibility index (Phi) is 12.9. The number of aliphatic hydroxyl groups excluding tert-OH is 1. The summed E-state index contributed by atoms with van der Waals surface area (Å²) in [7, 11) is 0. The van der Waals surface area contributed by atoms with E-state index in [0.29, 0.717) is 55.2 Å². The van der Waals surface area contributed by atoms with Crippen LogP contribution in [0.2, 0.25) is 5.02 Å². The lowest BCUT2D eigenvalue weighted by Crippen LogP contribution is -2.54. The fraction of sp³-hybridized carbons (Fsp3) is 0.347. The van der Waals surface area contributed by atoms with E-state index in [9.17, 15) is 33.0 Å². The minimum Gasteiger partial charge on any atom is -0.410 e. The van der Waals surface area contributed by atoms with E-state index in [4.69, 9.17) is 16.3 Å². The fourth-order valence-electron chi connectivity index (χ4n) is 9.11. The maximum Gasteiger partial charge on any atom is 0.573 e. The Morgan fingerprint density at radius 2 is 1.64 bits per heavy atom. The normalized spacial score (nSPS) is 22.0. The summed E-state index contributed by atoms with van der Waals surface area (Å²) in [5.41, 5.74) is 0.845. The summed E-state index contributed by atoms with van der Waals surface area (Å²) in [6.45, 7) is 3.64. The Bertz CT molecular complexity index is 2420. The highest BCUT2D eigenvalue weighted by Crippen LogP contribution is 2.59. The predicted molar refractivity (Wildman–Crippen MR) is 226 cm³/mol. The molecule has 0 unspecified atom stereocenters. The molecule has 12 heteroatoms. The van der Waals surface area contributed by atoms with Gasteiger partial charge in [0.1, 0.15) is 17.3 Å². The number of ketones is 1. The molecule has 1 saturated carbocycles. The highest BCUT2D eigenvalue weighted by atomic mass is 35.5. The molecule has 1 fully saturated rings. The Morgan fingerprint density at radius 1 is 0.902 bits per heavy atom. The van der Waals surface area contributed by atoms with Crippen LogP contribution in [-0.4, -0.2) is 51.6 Å². The van der Waals surface area contributed by atoms with Gasteiger partial charge in [-0.05, 0) is 128 Å². The number of halogens is 5. The number of nitrogens with zero attached hydrogens (tertiary/aromatic N) is 1. The first-order chi connectivity index (χ1) is 29.0. The molecular formula is C49H48ClF4NO6. The van der Waals surface area contributed by atoms with Crippen molar-refractivity contribution in [3.8, 4) is 11.5 Å². The van der Waals surface area contributed by atoms with Crippen molar-refractivity contribution in [2.75, 3.05) is 6.54 Å². The van der Waals surface area contributed by atoms with Gasteiger partial charge < -0.3 is 24.6 Å². The lowest BCUT2D eigenvalue weighted by Gasteiger charge is -2.46. The third-order valence-electron chi connectivity index (χ3n) is 12.5. The van der Waals surface area contributed by atoms with Gasteiger partial charge in [-0.25, -0.2) is 9.18 Å². The van der Waals surface area contributed by atoms with Crippen LogP contribution >= 0.6 is 11.6 Å². The molecule has 4 atom stereocenters. The van der Waals surface area contributed by atoms with Crippen molar-refractivity contribution in [1.29, 1.82) is 0 Å². The van der Waals surface area contributed by atoms with Crippen LogP contribution in [0, 0.1) is 11.2 Å². The van der Waals surface area contributed by atoms with Crippen molar-refractivity contribution in [3.05, 3.63) is 153 Å². The number of carbonyl (C=O) groups excluding carboxylic acids is 2. The number of rotatable bonds is 9. The standard InChI is InChI=1S/C49H48ClF4NO6/c1-31-7-6-23-47(2)42(39-21-15-33(25-36(56)17-12-31)26-40(39)45(57)28-41-43(50)10-5-11-44(41)51)22-24-48(47,59)30-55(29-32-13-18-37(19-14-32)61-49(52,53)54)46(58)60-38-20-16-34-8-3-4-9-35(34)27-38/h3-5,7-11,13-16,18-21,26-27,36,42,56,59H,6,12,17,22-25,28-30H2,1-2H3/t36-,42-,47-,48+/m0/s1. The number of Topliss-reactive ketones (excluding diaryl/α,β-unsaturated/α-hetero) is 1. The summed E-state index contributed by atoms with van der Waals surface area (Å²) in [5, 5.41) is 26.0. The topological polar surface area (TPSA) is 96.3 Å². The van der Waals surface area contributed by atoms with Gasteiger partial charge in [-0.2, -0.15) is 0 Å². The third-order valence-corrected chi connectivity index (χ3v) is 12.9. The number of allylic oxidation sites excluding steroid dienone is 2. The predicted octanol–water partition coefficient (Wildman–Crippen LogP) is 11.7. The van der Waals surface area contributed by atoms with Crippen molar-refractivity contribution in [2.24, 2.45) is 5.41 Å². The number of hydrogen-bond donors (Lipinski definition) is 2. The van der Waals surface area contributed by atoms with Crippen molar-refractivity contribution >= 4 is 34.2 Å². The van der Waals surface area contributed by atoms with Crippen LogP contribution in [0.5, 0.6) is 11.5 Å². The number of aliphatic hydroxyl groups is 2. The summed E-state index contributed by atoms with van der Waals surface area (Å²) in [4.78, 5) is 30.1. The molecule has 61 heavy (non-hydrogen) atoms. The minimum absolute atomic E-state index is 0.0739. The van der Waals surface area contributed by atoms with Gasteiger partial charge in [0.25, 0.3) is 0 Å². The minimum atomic E-state index is -4.88. The van der Waals surface area contributed by atoms with Gasteiger partial charge in [-0.1, -0.05) is 90.8 Å². The molecule has 0 aromatic heterocycles. The molecule has 3 aliphatic rings.